The first-order chi connectivity index (χ1) is 10.2. The molecule has 1 N–H and O–H groups in total. The number of benzene rings is 2. The maximum absolute atomic E-state index is 13.6. The summed E-state index contributed by atoms with van der Waals surface area (Å²) < 4.78 is 13.6. The lowest BCUT2D eigenvalue weighted by atomic mass is 9.96. The zero-order valence-electron chi connectivity index (χ0n) is 13.0. The molecule has 0 aliphatic heterocycles. The molecule has 112 valence electrons. The molecule has 0 aromatic heterocycles. The van der Waals surface area contributed by atoms with Crippen LogP contribution in [-0.2, 0) is 13.0 Å². The van der Waals surface area contributed by atoms with Crippen molar-refractivity contribution in [2.45, 2.75) is 39.7 Å². The first kappa shape index (κ1) is 15.7. The number of hydrogen-bond acceptors (Lipinski definition) is 1. The number of rotatable bonds is 7. The molecule has 2 heteroatoms. The van der Waals surface area contributed by atoms with E-state index in [1.54, 1.807) is 12.1 Å². The van der Waals surface area contributed by atoms with Gasteiger partial charge in [-0.15, -0.1) is 0 Å². The van der Waals surface area contributed by atoms with Crippen LogP contribution in [-0.4, -0.2) is 6.54 Å². The molecule has 0 fully saturated rings. The number of aryl methyl sites for hydroxylation is 1. The van der Waals surface area contributed by atoms with Gasteiger partial charge in [0.05, 0.1) is 0 Å². The maximum Gasteiger partial charge on any atom is 0.123 e. The summed E-state index contributed by atoms with van der Waals surface area (Å²) in [5.74, 6) is -0.176. The Balaban J connectivity index is 2.32. The normalized spacial score (nSPS) is 10.8. The summed E-state index contributed by atoms with van der Waals surface area (Å²) in [4.78, 5) is 0. The molecule has 0 aliphatic carbocycles. The summed E-state index contributed by atoms with van der Waals surface area (Å²) in [7, 11) is 0. The summed E-state index contributed by atoms with van der Waals surface area (Å²) in [6, 6.07) is 13.5. The van der Waals surface area contributed by atoms with E-state index in [4.69, 9.17) is 0 Å². The van der Waals surface area contributed by atoms with E-state index in [1.165, 1.54) is 5.56 Å². The van der Waals surface area contributed by atoms with Gasteiger partial charge in [-0.25, -0.2) is 4.39 Å². The number of halogens is 1. The first-order valence-corrected chi connectivity index (χ1v) is 7.83. The quantitative estimate of drug-likeness (QED) is 0.710. The minimum Gasteiger partial charge on any atom is -0.313 e. The van der Waals surface area contributed by atoms with Crippen molar-refractivity contribution in [3.8, 4) is 11.1 Å². The van der Waals surface area contributed by atoms with E-state index in [2.05, 4.69) is 43.4 Å². The van der Waals surface area contributed by atoms with Gasteiger partial charge in [0.2, 0.25) is 0 Å². The highest BCUT2D eigenvalue weighted by molar-refractivity contribution is 5.68. The molecule has 2 aromatic carbocycles. The van der Waals surface area contributed by atoms with Crippen molar-refractivity contribution >= 4 is 0 Å². The molecule has 21 heavy (non-hydrogen) atoms. The van der Waals surface area contributed by atoms with Crippen molar-refractivity contribution in [3.63, 3.8) is 0 Å². The van der Waals surface area contributed by atoms with E-state index in [0.29, 0.717) is 0 Å². The summed E-state index contributed by atoms with van der Waals surface area (Å²) in [6.07, 6.45) is 3.28. The van der Waals surface area contributed by atoms with Crippen molar-refractivity contribution in [1.29, 1.82) is 0 Å². The molecule has 0 bridgehead atoms. The Bertz CT molecular complexity index is 578. The van der Waals surface area contributed by atoms with E-state index < -0.39 is 0 Å². The predicted octanol–water partition coefficient (Wildman–Crippen LogP) is 4.94. The van der Waals surface area contributed by atoms with Gasteiger partial charge in [0.25, 0.3) is 0 Å². The monoisotopic (exact) mass is 285 g/mol. The molecule has 0 radical (unpaired) electrons. The predicted molar refractivity (Wildman–Crippen MR) is 87.8 cm³/mol. The Kier molecular flexibility index (Phi) is 5.94. The van der Waals surface area contributed by atoms with Gasteiger partial charge in [-0.3, -0.25) is 0 Å². The van der Waals surface area contributed by atoms with Crippen molar-refractivity contribution in [1.82, 2.24) is 5.32 Å². The Morgan fingerprint density at radius 2 is 1.86 bits per heavy atom. The Labute approximate surface area is 127 Å². The van der Waals surface area contributed by atoms with Crippen LogP contribution in [0.1, 0.15) is 37.8 Å². The SMILES string of the molecule is CCCNCc1ccc(F)cc1-c1cccc(CCC)c1. The van der Waals surface area contributed by atoms with E-state index in [-0.39, 0.29) is 5.82 Å². The fourth-order valence-electron chi connectivity index (χ4n) is 2.55. The molecule has 0 heterocycles. The lowest BCUT2D eigenvalue weighted by Crippen LogP contribution is -2.14. The first-order valence-electron chi connectivity index (χ1n) is 7.83. The highest BCUT2D eigenvalue weighted by Gasteiger charge is 2.07. The van der Waals surface area contributed by atoms with E-state index in [1.807, 2.05) is 6.07 Å². The zero-order chi connectivity index (χ0) is 15.1. The fraction of sp³-hybridized carbons (Fsp3) is 0.368. The third-order valence-corrected chi connectivity index (χ3v) is 3.59. The second-order valence-corrected chi connectivity index (χ2v) is 5.43. The third-order valence-electron chi connectivity index (χ3n) is 3.59. The van der Waals surface area contributed by atoms with Crippen LogP contribution in [0.2, 0.25) is 0 Å². The molecular formula is C19H24FN. The Morgan fingerprint density at radius 3 is 2.62 bits per heavy atom. The standard InChI is InChI=1S/C19H24FN/c1-3-6-15-7-5-8-16(12-15)19-13-18(20)10-9-17(19)14-21-11-4-2/h5,7-10,12-13,21H,3-4,6,11,14H2,1-2H3. The summed E-state index contributed by atoms with van der Waals surface area (Å²) in [5, 5.41) is 3.40. The topological polar surface area (TPSA) is 12.0 Å². The minimum atomic E-state index is -0.176. The average molecular weight is 285 g/mol. The van der Waals surface area contributed by atoms with Crippen LogP contribution in [0.25, 0.3) is 11.1 Å². The lowest BCUT2D eigenvalue weighted by Gasteiger charge is -2.12. The molecule has 2 aromatic rings. The minimum absolute atomic E-state index is 0.176. The molecule has 0 amide bonds. The Hall–Kier alpha value is -1.67. The molecule has 0 saturated carbocycles. The molecule has 2 rings (SSSR count). The molecule has 0 spiro atoms. The number of nitrogens with one attached hydrogen (secondary N) is 1. The van der Waals surface area contributed by atoms with Gasteiger partial charge in [0.15, 0.2) is 0 Å². The molecule has 0 unspecified atom stereocenters. The second kappa shape index (κ2) is 7.94. The third kappa shape index (κ3) is 4.40. The van der Waals surface area contributed by atoms with Crippen molar-refractivity contribution < 1.29 is 4.39 Å². The Morgan fingerprint density at radius 1 is 1.00 bits per heavy atom. The zero-order valence-corrected chi connectivity index (χ0v) is 13.0. The lowest BCUT2D eigenvalue weighted by molar-refractivity contribution is 0.625. The van der Waals surface area contributed by atoms with Crippen LogP contribution in [0, 0.1) is 5.82 Å². The molecule has 0 atom stereocenters. The van der Waals surface area contributed by atoms with E-state index in [0.717, 1.165) is 49.0 Å². The van der Waals surface area contributed by atoms with Gasteiger partial charge in [0, 0.05) is 6.54 Å². The summed E-state index contributed by atoms with van der Waals surface area (Å²) in [5.41, 5.74) is 4.57. The van der Waals surface area contributed by atoms with Crippen molar-refractivity contribution in [2.24, 2.45) is 0 Å². The molecule has 0 saturated heterocycles. The summed E-state index contributed by atoms with van der Waals surface area (Å²) in [6.45, 7) is 6.08. The largest absolute Gasteiger partial charge is 0.313 e. The van der Waals surface area contributed by atoms with Crippen LogP contribution in [0.15, 0.2) is 42.5 Å². The second-order valence-electron chi connectivity index (χ2n) is 5.43. The smallest absolute Gasteiger partial charge is 0.123 e. The molecular weight excluding hydrogens is 261 g/mol. The fourth-order valence-corrected chi connectivity index (χ4v) is 2.55. The molecule has 1 nitrogen and oxygen atoms in total. The van der Waals surface area contributed by atoms with Gasteiger partial charge >= 0.3 is 0 Å². The average Bonchev–Trinajstić information content (AvgIpc) is 2.49. The van der Waals surface area contributed by atoms with Gasteiger partial charge in [-0.05, 0) is 53.8 Å². The van der Waals surface area contributed by atoms with Crippen LogP contribution in [0.3, 0.4) is 0 Å². The van der Waals surface area contributed by atoms with Gasteiger partial charge in [-0.2, -0.15) is 0 Å². The van der Waals surface area contributed by atoms with Crippen molar-refractivity contribution in [2.75, 3.05) is 6.54 Å². The van der Waals surface area contributed by atoms with Crippen LogP contribution >= 0.6 is 0 Å². The molecule has 0 aliphatic rings. The van der Waals surface area contributed by atoms with Crippen LogP contribution in [0.5, 0.6) is 0 Å². The maximum atomic E-state index is 13.6. The van der Waals surface area contributed by atoms with E-state index in [9.17, 15) is 4.39 Å². The number of hydrogen-bond donors (Lipinski definition) is 1. The van der Waals surface area contributed by atoms with E-state index >= 15 is 0 Å². The summed E-state index contributed by atoms with van der Waals surface area (Å²) >= 11 is 0. The van der Waals surface area contributed by atoms with Gasteiger partial charge in [0.1, 0.15) is 5.82 Å². The highest BCUT2D eigenvalue weighted by atomic mass is 19.1. The van der Waals surface area contributed by atoms with Crippen LogP contribution < -0.4 is 5.32 Å². The highest BCUT2D eigenvalue weighted by Crippen LogP contribution is 2.26. The van der Waals surface area contributed by atoms with Crippen LogP contribution in [0.4, 0.5) is 4.39 Å². The van der Waals surface area contributed by atoms with Crippen molar-refractivity contribution in [3.05, 3.63) is 59.4 Å². The van der Waals surface area contributed by atoms with Gasteiger partial charge in [-0.1, -0.05) is 50.6 Å². The van der Waals surface area contributed by atoms with Gasteiger partial charge < -0.3 is 5.32 Å².